The number of carbonyl (C=O) groups excluding carboxylic acids is 2. The quantitative estimate of drug-likeness (QED) is 0.270. The lowest BCUT2D eigenvalue weighted by Crippen LogP contribution is -2.20. The van der Waals surface area contributed by atoms with Crippen LogP contribution in [0.5, 0.6) is 5.75 Å². The van der Waals surface area contributed by atoms with E-state index in [1.54, 1.807) is 54.6 Å². The second kappa shape index (κ2) is 11.3. The summed E-state index contributed by atoms with van der Waals surface area (Å²) in [5, 5.41) is 7.77. The van der Waals surface area contributed by atoms with Crippen LogP contribution in [0.2, 0.25) is 15.1 Å². The highest BCUT2D eigenvalue weighted by Crippen LogP contribution is 2.25. The van der Waals surface area contributed by atoms with Gasteiger partial charge in [-0.3, -0.25) is 9.59 Å². The van der Waals surface area contributed by atoms with Gasteiger partial charge in [0.05, 0.1) is 16.3 Å². The largest absolute Gasteiger partial charge is 0.483 e. The van der Waals surface area contributed by atoms with Gasteiger partial charge in [-0.1, -0.05) is 50.7 Å². The van der Waals surface area contributed by atoms with Gasteiger partial charge in [-0.05, 0) is 60.7 Å². The van der Waals surface area contributed by atoms with Crippen molar-refractivity contribution in [1.29, 1.82) is 0 Å². The maximum atomic E-state index is 12.2. The first kappa shape index (κ1) is 24.1. The standard InChI is InChI=1S/C22H15BrCl3N3O3/c23-15-3-1-13(2-4-15)22(31)29-27-11-14-9-16(24)5-8-20(14)32-12-21(30)28-17-6-7-18(25)19(26)10-17/h1-11H,12H2,(H,28,30)(H,29,31)/b27-11+. The molecule has 0 aliphatic carbocycles. The van der Waals surface area contributed by atoms with Crippen LogP contribution in [-0.4, -0.2) is 24.6 Å². The average Bonchev–Trinajstić information content (AvgIpc) is 2.76. The number of anilines is 1. The molecule has 0 radical (unpaired) electrons. The molecule has 0 heterocycles. The van der Waals surface area contributed by atoms with E-state index in [-0.39, 0.29) is 12.5 Å². The number of nitrogens with zero attached hydrogens (tertiary/aromatic N) is 1. The molecule has 0 aliphatic heterocycles. The summed E-state index contributed by atoms with van der Waals surface area (Å²) < 4.78 is 6.46. The van der Waals surface area contributed by atoms with Crippen LogP contribution in [0.25, 0.3) is 0 Å². The number of ether oxygens (including phenoxy) is 1. The number of hydrazone groups is 1. The van der Waals surface area contributed by atoms with Gasteiger partial charge in [0.1, 0.15) is 5.75 Å². The van der Waals surface area contributed by atoms with E-state index in [4.69, 9.17) is 39.5 Å². The number of rotatable bonds is 7. The zero-order valence-corrected chi connectivity index (χ0v) is 20.1. The lowest BCUT2D eigenvalue weighted by atomic mass is 10.2. The minimum absolute atomic E-state index is 0.270. The van der Waals surface area contributed by atoms with Crippen molar-refractivity contribution < 1.29 is 14.3 Å². The highest BCUT2D eigenvalue weighted by Gasteiger charge is 2.09. The third-order valence-corrected chi connectivity index (χ3v) is 5.51. The molecule has 0 atom stereocenters. The molecule has 164 valence electrons. The molecule has 0 saturated heterocycles. The van der Waals surface area contributed by atoms with Gasteiger partial charge < -0.3 is 10.1 Å². The van der Waals surface area contributed by atoms with Crippen LogP contribution in [-0.2, 0) is 4.79 Å². The molecular formula is C22H15BrCl3N3O3. The average molecular weight is 556 g/mol. The molecule has 2 N–H and O–H groups in total. The van der Waals surface area contributed by atoms with Crippen molar-refractivity contribution in [2.75, 3.05) is 11.9 Å². The first-order valence-electron chi connectivity index (χ1n) is 9.08. The fourth-order valence-electron chi connectivity index (χ4n) is 2.49. The minimum Gasteiger partial charge on any atom is -0.483 e. The smallest absolute Gasteiger partial charge is 0.271 e. The Bertz CT molecular complexity index is 1170. The molecule has 32 heavy (non-hydrogen) atoms. The summed E-state index contributed by atoms with van der Waals surface area (Å²) in [4.78, 5) is 24.4. The molecule has 3 aromatic carbocycles. The summed E-state index contributed by atoms with van der Waals surface area (Å²) in [6.07, 6.45) is 1.38. The van der Waals surface area contributed by atoms with Crippen molar-refractivity contribution in [2.24, 2.45) is 5.10 Å². The Balaban J connectivity index is 1.62. The maximum Gasteiger partial charge on any atom is 0.271 e. The lowest BCUT2D eigenvalue weighted by molar-refractivity contribution is -0.118. The SMILES string of the molecule is O=C(COc1ccc(Cl)cc1/C=N/NC(=O)c1ccc(Br)cc1)Nc1ccc(Cl)c(Cl)c1. The van der Waals surface area contributed by atoms with Gasteiger partial charge >= 0.3 is 0 Å². The van der Waals surface area contributed by atoms with Crippen LogP contribution in [0.4, 0.5) is 5.69 Å². The number of hydrogen-bond donors (Lipinski definition) is 2. The summed E-state index contributed by atoms with van der Waals surface area (Å²) in [7, 11) is 0. The fourth-order valence-corrected chi connectivity index (χ4v) is 3.24. The first-order valence-corrected chi connectivity index (χ1v) is 11.0. The van der Waals surface area contributed by atoms with Crippen molar-refractivity contribution in [2.45, 2.75) is 0 Å². The van der Waals surface area contributed by atoms with Gasteiger partial charge in [0.2, 0.25) is 0 Å². The van der Waals surface area contributed by atoms with Gasteiger partial charge in [0.25, 0.3) is 11.8 Å². The maximum absolute atomic E-state index is 12.2. The van der Waals surface area contributed by atoms with Crippen LogP contribution < -0.4 is 15.5 Å². The Labute approximate surface area is 207 Å². The van der Waals surface area contributed by atoms with Crippen molar-refractivity contribution in [1.82, 2.24) is 5.43 Å². The molecule has 0 aliphatic rings. The van der Waals surface area contributed by atoms with Crippen LogP contribution in [0.3, 0.4) is 0 Å². The van der Waals surface area contributed by atoms with E-state index in [0.29, 0.717) is 37.6 Å². The molecule has 0 fully saturated rings. The summed E-state index contributed by atoms with van der Waals surface area (Å²) in [6, 6.07) is 16.4. The van der Waals surface area contributed by atoms with Crippen molar-refractivity contribution in [3.63, 3.8) is 0 Å². The molecule has 3 aromatic rings. The molecule has 0 unspecified atom stereocenters. The van der Waals surface area contributed by atoms with Gasteiger partial charge in [0.15, 0.2) is 6.61 Å². The van der Waals surface area contributed by atoms with E-state index in [1.807, 2.05) is 0 Å². The number of benzene rings is 3. The zero-order valence-electron chi connectivity index (χ0n) is 16.2. The predicted molar refractivity (Wildman–Crippen MR) is 131 cm³/mol. The summed E-state index contributed by atoms with van der Waals surface area (Å²) in [6.45, 7) is -0.270. The second-order valence-electron chi connectivity index (χ2n) is 6.35. The monoisotopic (exact) mass is 553 g/mol. The predicted octanol–water partition coefficient (Wildman–Crippen LogP) is 6.19. The lowest BCUT2D eigenvalue weighted by Gasteiger charge is -2.10. The Morgan fingerprint density at radius 2 is 1.72 bits per heavy atom. The highest BCUT2D eigenvalue weighted by molar-refractivity contribution is 9.10. The van der Waals surface area contributed by atoms with Gasteiger partial charge in [-0.2, -0.15) is 5.10 Å². The van der Waals surface area contributed by atoms with Gasteiger partial charge in [0, 0.05) is 26.3 Å². The number of hydrogen-bond acceptors (Lipinski definition) is 4. The molecule has 3 rings (SSSR count). The second-order valence-corrected chi connectivity index (χ2v) is 8.52. The van der Waals surface area contributed by atoms with E-state index in [2.05, 4.69) is 31.8 Å². The van der Waals surface area contributed by atoms with Crippen molar-refractivity contribution >= 4 is 74.4 Å². The number of nitrogens with one attached hydrogen (secondary N) is 2. The Morgan fingerprint density at radius 3 is 2.44 bits per heavy atom. The fraction of sp³-hybridized carbons (Fsp3) is 0.0455. The molecule has 2 amide bonds. The Morgan fingerprint density at radius 1 is 0.969 bits per heavy atom. The van der Waals surface area contributed by atoms with E-state index in [0.717, 1.165) is 4.47 Å². The van der Waals surface area contributed by atoms with E-state index in [9.17, 15) is 9.59 Å². The number of carbonyl (C=O) groups is 2. The van der Waals surface area contributed by atoms with Crippen LogP contribution in [0, 0.1) is 0 Å². The zero-order chi connectivity index (χ0) is 23.1. The molecule has 0 saturated carbocycles. The van der Waals surface area contributed by atoms with Crippen LogP contribution in [0.15, 0.2) is 70.2 Å². The van der Waals surface area contributed by atoms with E-state index < -0.39 is 5.91 Å². The third-order valence-electron chi connectivity index (χ3n) is 4.01. The highest BCUT2D eigenvalue weighted by atomic mass is 79.9. The number of amides is 2. The third kappa shape index (κ3) is 6.97. The molecule has 0 aromatic heterocycles. The van der Waals surface area contributed by atoms with E-state index >= 15 is 0 Å². The molecule has 6 nitrogen and oxygen atoms in total. The summed E-state index contributed by atoms with van der Waals surface area (Å²) in [5.41, 5.74) is 3.86. The molecular weight excluding hydrogens is 541 g/mol. The minimum atomic E-state index is -0.398. The van der Waals surface area contributed by atoms with Crippen LogP contribution >= 0.6 is 50.7 Å². The Kier molecular flexibility index (Phi) is 8.53. The van der Waals surface area contributed by atoms with Gasteiger partial charge in [-0.25, -0.2) is 5.43 Å². The molecule has 10 heteroatoms. The van der Waals surface area contributed by atoms with Crippen LogP contribution in [0.1, 0.15) is 15.9 Å². The van der Waals surface area contributed by atoms with Crippen molar-refractivity contribution in [3.05, 3.63) is 91.3 Å². The molecule has 0 bridgehead atoms. The van der Waals surface area contributed by atoms with Crippen molar-refractivity contribution in [3.8, 4) is 5.75 Å². The topological polar surface area (TPSA) is 79.8 Å². The Hall–Kier alpha value is -2.58. The molecule has 0 spiro atoms. The first-order chi connectivity index (χ1) is 15.3. The number of halogens is 4. The normalized spacial score (nSPS) is 10.8. The summed E-state index contributed by atoms with van der Waals surface area (Å²) in [5.74, 6) is -0.413. The van der Waals surface area contributed by atoms with Gasteiger partial charge in [-0.15, -0.1) is 0 Å². The van der Waals surface area contributed by atoms with E-state index in [1.165, 1.54) is 12.3 Å². The summed E-state index contributed by atoms with van der Waals surface area (Å²) >= 11 is 21.2.